The van der Waals surface area contributed by atoms with Crippen molar-refractivity contribution in [1.82, 2.24) is 10.7 Å². The van der Waals surface area contributed by atoms with Crippen molar-refractivity contribution >= 4 is 11.6 Å². The predicted octanol–water partition coefficient (Wildman–Crippen LogP) is 2.61. The fraction of sp³-hybridized carbons (Fsp3) is 0.316. The van der Waals surface area contributed by atoms with Crippen molar-refractivity contribution in [3.63, 3.8) is 0 Å². The third kappa shape index (κ3) is 2.56. The molecule has 0 saturated carbocycles. The molecule has 0 radical (unpaired) electrons. The van der Waals surface area contributed by atoms with Crippen molar-refractivity contribution in [2.24, 2.45) is 5.92 Å². The second kappa shape index (κ2) is 6.26. The van der Waals surface area contributed by atoms with Gasteiger partial charge >= 0.3 is 0 Å². The van der Waals surface area contributed by atoms with Crippen molar-refractivity contribution in [2.75, 3.05) is 12.1 Å². The average molecular weight is 323 g/mol. The number of carbonyl (C=O) groups excluding carboxylic acids is 1. The van der Waals surface area contributed by atoms with Crippen LogP contribution >= 0.6 is 0 Å². The Morgan fingerprint density at radius 1 is 1.04 bits per heavy atom. The zero-order valence-electron chi connectivity index (χ0n) is 13.6. The molecule has 2 aliphatic rings. The van der Waals surface area contributed by atoms with Crippen LogP contribution in [0.25, 0.3) is 0 Å². The highest BCUT2D eigenvalue weighted by Gasteiger charge is 2.44. The predicted molar refractivity (Wildman–Crippen MR) is 92.4 cm³/mol. The van der Waals surface area contributed by atoms with Gasteiger partial charge in [-0.2, -0.15) is 0 Å². The molecule has 124 valence electrons. The van der Waals surface area contributed by atoms with Crippen molar-refractivity contribution in [3.8, 4) is 5.75 Å². The summed E-state index contributed by atoms with van der Waals surface area (Å²) in [7, 11) is 1.69. The first kappa shape index (κ1) is 15.2. The average Bonchev–Trinajstić information content (AvgIpc) is 2.98. The van der Waals surface area contributed by atoms with Gasteiger partial charge in [0.15, 0.2) is 0 Å². The molecule has 2 saturated heterocycles. The van der Waals surface area contributed by atoms with Gasteiger partial charge in [-0.1, -0.05) is 36.4 Å². The highest BCUT2D eigenvalue weighted by Crippen LogP contribution is 2.36. The molecular weight excluding hydrogens is 302 g/mol. The third-order valence-corrected chi connectivity index (χ3v) is 4.88. The van der Waals surface area contributed by atoms with E-state index in [0.717, 1.165) is 29.8 Å². The highest BCUT2D eigenvalue weighted by atomic mass is 16.5. The number of nitrogens with zero attached hydrogens (tertiary/aromatic N) is 1. The van der Waals surface area contributed by atoms with E-state index in [0.29, 0.717) is 0 Å². The first-order chi connectivity index (χ1) is 11.8. The molecule has 2 aromatic carbocycles. The number of piperidine rings is 1. The number of para-hydroxylation sites is 2. The Kier molecular flexibility index (Phi) is 3.96. The van der Waals surface area contributed by atoms with Crippen molar-refractivity contribution < 1.29 is 9.53 Å². The van der Waals surface area contributed by atoms with E-state index in [2.05, 4.69) is 16.8 Å². The zero-order valence-corrected chi connectivity index (χ0v) is 13.6. The topological polar surface area (TPSA) is 53.6 Å². The number of methoxy groups -OCH3 is 1. The highest BCUT2D eigenvalue weighted by molar-refractivity contribution is 5.96. The van der Waals surface area contributed by atoms with Crippen LogP contribution in [0.1, 0.15) is 24.4 Å². The van der Waals surface area contributed by atoms with Gasteiger partial charge in [0, 0.05) is 11.6 Å². The first-order valence-corrected chi connectivity index (χ1v) is 8.32. The van der Waals surface area contributed by atoms with E-state index in [9.17, 15) is 4.79 Å². The summed E-state index contributed by atoms with van der Waals surface area (Å²) in [6.07, 6.45) is 1.72. The number of rotatable bonds is 3. The Morgan fingerprint density at radius 2 is 1.79 bits per heavy atom. The molecule has 2 fully saturated rings. The fourth-order valence-electron chi connectivity index (χ4n) is 3.67. The Hall–Kier alpha value is -2.37. The number of hydrazine groups is 1. The largest absolute Gasteiger partial charge is 0.496 e. The molecule has 2 N–H and O–H groups in total. The molecule has 5 heteroatoms. The quantitative estimate of drug-likeness (QED) is 0.912. The van der Waals surface area contributed by atoms with Gasteiger partial charge in [-0.25, -0.2) is 10.4 Å². The number of ether oxygens (including phenoxy) is 1. The molecule has 0 bridgehead atoms. The maximum Gasteiger partial charge on any atom is 0.247 e. The molecule has 0 aliphatic carbocycles. The molecule has 0 spiro atoms. The van der Waals surface area contributed by atoms with Gasteiger partial charge in [0.25, 0.3) is 0 Å². The number of hydrogen-bond acceptors (Lipinski definition) is 4. The van der Waals surface area contributed by atoms with Gasteiger partial charge in [-0.3, -0.25) is 10.1 Å². The molecule has 0 aromatic heterocycles. The minimum Gasteiger partial charge on any atom is -0.496 e. The van der Waals surface area contributed by atoms with Gasteiger partial charge in [0.1, 0.15) is 5.75 Å². The van der Waals surface area contributed by atoms with E-state index in [4.69, 9.17) is 4.74 Å². The second-order valence-corrected chi connectivity index (χ2v) is 6.26. The minimum atomic E-state index is -0.0543. The van der Waals surface area contributed by atoms with Crippen LogP contribution in [0.2, 0.25) is 0 Å². The summed E-state index contributed by atoms with van der Waals surface area (Å²) < 4.78 is 5.48. The Morgan fingerprint density at radius 3 is 2.58 bits per heavy atom. The standard InChI is InChI=1S/C19H21N3O2/c1-24-17-10-6-5-9-14(17)16-12-11-15-18(20-16)21-22(19(15)23)13-7-3-2-4-8-13/h2-10,15-16,18,20-21H,11-12H2,1H3. The molecule has 3 atom stereocenters. The van der Waals surface area contributed by atoms with E-state index in [-0.39, 0.29) is 24.0 Å². The number of nitrogens with one attached hydrogen (secondary N) is 2. The first-order valence-electron chi connectivity index (χ1n) is 8.32. The van der Waals surface area contributed by atoms with Gasteiger partial charge < -0.3 is 4.74 Å². The van der Waals surface area contributed by atoms with Crippen LogP contribution in [-0.2, 0) is 4.79 Å². The van der Waals surface area contributed by atoms with E-state index in [1.165, 1.54) is 0 Å². The van der Waals surface area contributed by atoms with Crippen LogP contribution in [0, 0.1) is 5.92 Å². The molecule has 1 amide bonds. The zero-order chi connectivity index (χ0) is 16.5. The van der Waals surface area contributed by atoms with Crippen LogP contribution in [-0.4, -0.2) is 19.2 Å². The minimum absolute atomic E-state index is 0.0313. The summed E-state index contributed by atoms with van der Waals surface area (Å²) in [5.74, 6) is 0.992. The van der Waals surface area contributed by atoms with Crippen molar-refractivity contribution in [3.05, 3.63) is 60.2 Å². The molecule has 3 unspecified atom stereocenters. The van der Waals surface area contributed by atoms with Gasteiger partial charge in [-0.05, 0) is 31.0 Å². The number of fused-ring (bicyclic) bond motifs is 1. The van der Waals surface area contributed by atoms with E-state index < -0.39 is 0 Å². The normalized spacial score (nSPS) is 26.3. The fourth-order valence-corrected chi connectivity index (χ4v) is 3.67. The Balaban J connectivity index is 1.55. The van der Waals surface area contributed by atoms with E-state index >= 15 is 0 Å². The van der Waals surface area contributed by atoms with E-state index in [1.807, 2.05) is 48.5 Å². The summed E-state index contributed by atoms with van der Waals surface area (Å²) in [6, 6.07) is 18.0. The molecule has 4 rings (SSSR count). The number of amides is 1. The summed E-state index contributed by atoms with van der Waals surface area (Å²) in [5, 5.41) is 5.26. The Labute approximate surface area is 141 Å². The number of hydrogen-bond donors (Lipinski definition) is 2. The lowest BCUT2D eigenvalue weighted by Gasteiger charge is -2.32. The van der Waals surface area contributed by atoms with Gasteiger partial charge in [-0.15, -0.1) is 0 Å². The summed E-state index contributed by atoms with van der Waals surface area (Å²) in [5.41, 5.74) is 5.35. The van der Waals surface area contributed by atoms with Crippen molar-refractivity contribution in [1.29, 1.82) is 0 Å². The van der Waals surface area contributed by atoms with Crippen LogP contribution < -0.4 is 20.5 Å². The molecular formula is C19H21N3O2. The summed E-state index contributed by atoms with van der Waals surface area (Å²) in [6.45, 7) is 0. The third-order valence-electron chi connectivity index (χ3n) is 4.88. The SMILES string of the molecule is COc1ccccc1C1CCC2C(=O)N(c3ccccc3)NC2N1. The lowest BCUT2D eigenvalue weighted by Crippen LogP contribution is -2.49. The summed E-state index contributed by atoms with van der Waals surface area (Å²) in [4.78, 5) is 12.7. The lowest BCUT2D eigenvalue weighted by molar-refractivity contribution is -0.121. The smallest absolute Gasteiger partial charge is 0.247 e. The van der Waals surface area contributed by atoms with Crippen LogP contribution in [0.3, 0.4) is 0 Å². The molecule has 2 heterocycles. The van der Waals surface area contributed by atoms with Crippen LogP contribution in [0.5, 0.6) is 5.75 Å². The van der Waals surface area contributed by atoms with Gasteiger partial charge in [0.05, 0.1) is 24.9 Å². The second-order valence-electron chi connectivity index (χ2n) is 6.26. The van der Waals surface area contributed by atoms with Crippen molar-refractivity contribution in [2.45, 2.75) is 25.0 Å². The maximum absolute atomic E-state index is 12.7. The van der Waals surface area contributed by atoms with Crippen LogP contribution in [0.4, 0.5) is 5.69 Å². The number of anilines is 1. The van der Waals surface area contributed by atoms with Gasteiger partial charge in [0.2, 0.25) is 5.91 Å². The molecule has 2 aromatic rings. The number of carbonyl (C=O) groups is 1. The molecule has 2 aliphatic heterocycles. The van der Waals surface area contributed by atoms with E-state index in [1.54, 1.807) is 12.1 Å². The lowest BCUT2D eigenvalue weighted by atomic mass is 9.88. The molecule has 24 heavy (non-hydrogen) atoms. The molecule has 5 nitrogen and oxygen atoms in total. The Bertz CT molecular complexity index is 734. The maximum atomic E-state index is 12.7. The monoisotopic (exact) mass is 323 g/mol. The summed E-state index contributed by atoms with van der Waals surface area (Å²) >= 11 is 0. The van der Waals surface area contributed by atoms with Crippen LogP contribution in [0.15, 0.2) is 54.6 Å². The number of benzene rings is 2.